The minimum atomic E-state index is -0.157. The van der Waals surface area contributed by atoms with Crippen molar-refractivity contribution >= 4 is 40.8 Å². The van der Waals surface area contributed by atoms with Crippen molar-refractivity contribution in [3.8, 4) is 0 Å². The molecule has 0 aliphatic heterocycles. The Kier molecular flexibility index (Phi) is 2.67. The highest BCUT2D eigenvalue weighted by molar-refractivity contribution is 7.92. The molecule has 0 atom stereocenters. The van der Waals surface area contributed by atoms with Crippen LogP contribution in [0.2, 0.25) is 5.02 Å². The van der Waals surface area contributed by atoms with Crippen LogP contribution in [-0.4, -0.2) is 14.7 Å². The van der Waals surface area contributed by atoms with Gasteiger partial charge in [0.1, 0.15) is 0 Å². The van der Waals surface area contributed by atoms with Crippen LogP contribution in [0, 0.1) is 0 Å². The molecule has 0 fully saturated rings. The molecule has 0 amide bonds. The third-order valence-corrected chi connectivity index (χ3v) is 2.92. The van der Waals surface area contributed by atoms with Crippen molar-refractivity contribution in [1.82, 2.24) is 8.96 Å². The van der Waals surface area contributed by atoms with Gasteiger partial charge in [0.25, 0.3) is 0 Å². The molecule has 0 aliphatic rings. The SMILES string of the molecule is CC(=O)c1cnc2c(ccn2SF)c1Cl. The summed E-state index contributed by atoms with van der Waals surface area (Å²) in [5.74, 6) is -0.157. The first kappa shape index (κ1) is 10.4. The van der Waals surface area contributed by atoms with Crippen LogP contribution < -0.4 is 0 Å². The van der Waals surface area contributed by atoms with Gasteiger partial charge in [0, 0.05) is 17.8 Å². The van der Waals surface area contributed by atoms with Crippen LogP contribution in [0.1, 0.15) is 17.3 Å². The quantitative estimate of drug-likeness (QED) is 0.761. The maximum absolute atomic E-state index is 12.4. The fraction of sp³-hybridized carbons (Fsp3) is 0.111. The van der Waals surface area contributed by atoms with Gasteiger partial charge in [0.15, 0.2) is 23.8 Å². The van der Waals surface area contributed by atoms with Crippen molar-refractivity contribution in [2.75, 3.05) is 0 Å². The van der Waals surface area contributed by atoms with Crippen LogP contribution in [0.5, 0.6) is 0 Å². The van der Waals surface area contributed by atoms with E-state index in [1.807, 2.05) is 0 Å². The van der Waals surface area contributed by atoms with Gasteiger partial charge in [-0.2, -0.15) is 0 Å². The number of halogens is 2. The number of rotatable bonds is 2. The summed E-state index contributed by atoms with van der Waals surface area (Å²) < 4.78 is 13.7. The van der Waals surface area contributed by atoms with Crippen LogP contribution in [0.3, 0.4) is 0 Å². The lowest BCUT2D eigenvalue weighted by atomic mass is 10.2. The van der Waals surface area contributed by atoms with Crippen molar-refractivity contribution in [1.29, 1.82) is 0 Å². The first-order chi connectivity index (χ1) is 7.15. The van der Waals surface area contributed by atoms with Gasteiger partial charge in [-0.3, -0.25) is 4.79 Å². The Morgan fingerprint density at radius 3 is 3.00 bits per heavy atom. The molecule has 6 heteroatoms. The van der Waals surface area contributed by atoms with E-state index in [2.05, 4.69) is 4.98 Å². The highest BCUT2D eigenvalue weighted by atomic mass is 35.5. The summed E-state index contributed by atoms with van der Waals surface area (Å²) in [6.07, 6.45) is 2.87. The van der Waals surface area contributed by atoms with Crippen molar-refractivity contribution in [3.05, 3.63) is 29.0 Å². The highest BCUT2D eigenvalue weighted by Crippen LogP contribution is 2.28. The number of fused-ring (bicyclic) bond motifs is 1. The van der Waals surface area contributed by atoms with Crippen molar-refractivity contribution in [2.45, 2.75) is 6.92 Å². The van der Waals surface area contributed by atoms with Gasteiger partial charge in [-0.1, -0.05) is 11.6 Å². The molecule has 2 rings (SSSR count). The van der Waals surface area contributed by atoms with E-state index >= 15 is 0 Å². The number of hydrogen-bond acceptors (Lipinski definition) is 3. The number of hydrogen-bond donors (Lipinski definition) is 0. The lowest BCUT2D eigenvalue weighted by molar-refractivity contribution is 0.101. The van der Waals surface area contributed by atoms with Gasteiger partial charge < -0.3 is 0 Å². The van der Waals surface area contributed by atoms with Crippen molar-refractivity contribution in [3.63, 3.8) is 0 Å². The van der Waals surface area contributed by atoms with E-state index in [4.69, 9.17) is 11.6 Å². The van der Waals surface area contributed by atoms with Gasteiger partial charge in [0.05, 0.1) is 10.6 Å². The summed E-state index contributed by atoms with van der Waals surface area (Å²) in [7, 11) is 0. The molecule has 2 aromatic heterocycles. The molecule has 0 saturated heterocycles. The summed E-state index contributed by atoms with van der Waals surface area (Å²) in [6.45, 7) is 1.41. The van der Waals surface area contributed by atoms with Crippen LogP contribution in [-0.2, 0) is 0 Å². The zero-order valence-electron chi connectivity index (χ0n) is 7.70. The van der Waals surface area contributed by atoms with Gasteiger partial charge in [-0.05, 0) is 13.0 Å². The Morgan fingerprint density at radius 1 is 1.67 bits per heavy atom. The third-order valence-electron chi connectivity index (χ3n) is 2.07. The van der Waals surface area contributed by atoms with Gasteiger partial charge in [0.2, 0.25) is 0 Å². The van der Waals surface area contributed by atoms with Crippen LogP contribution in [0.15, 0.2) is 18.5 Å². The Balaban J connectivity index is 2.75. The fourth-order valence-electron chi connectivity index (χ4n) is 1.33. The predicted molar refractivity (Wildman–Crippen MR) is 58.8 cm³/mol. The molecular weight excluding hydrogens is 239 g/mol. The average molecular weight is 245 g/mol. The van der Waals surface area contributed by atoms with Gasteiger partial charge in [-0.15, -0.1) is 3.89 Å². The molecule has 78 valence electrons. The van der Waals surface area contributed by atoms with Crippen LogP contribution >= 0.6 is 23.9 Å². The summed E-state index contributed by atoms with van der Waals surface area (Å²) in [4.78, 5) is 15.2. The Labute approximate surface area is 94.7 Å². The molecule has 0 aliphatic carbocycles. The minimum absolute atomic E-state index is 0.0385. The minimum Gasteiger partial charge on any atom is -0.294 e. The van der Waals surface area contributed by atoms with Crippen molar-refractivity contribution < 1.29 is 8.68 Å². The standard InChI is InChI=1S/C9H6ClFN2OS/c1-5(14)7-4-12-9-6(8(7)10)2-3-13(9)15-11/h2-4H,1H3. The Morgan fingerprint density at radius 2 is 2.40 bits per heavy atom. The molecule has 3 nitrogen and oxygen atoms in total. The zero-order chi connectivity index (χ0) is 11.0. The third kappa shape index (κ3) is 1.61. The van der Waals surface area contributed by atoms with E-state index in [0.717, 1.165) is 0 Å². The van der Waals surface area contributed by atoms with Crippen LogP contribution in [0.4, 0.5) is 3.89 Å². The number of ketones is 1. The average Bonchev–Trinajstić information content (AvgIpc) is 2.61. The van der Waals surface area contributed by atoms with Crippen LogP contribution in [0.25, 0.3) is 11.0 Å². The Bertz CT molecular complexity index is 540. The zero-order valence-corrected chi connectivity index (χ0v) is 9.27. The summed E-state index contributed by atoms with van der Waals surface area (Å²) in [5.41, 5.74) is 0.767. The molecule has 0 unspecified atom stereocenters. The molecule has 0 aromatic carbocycles. The molecule has 2 heterocycles. The molecular formula is C9H6ClFN2OS. The van der Waals surface area contributed by atoms with E-state index in [-0.39, 0.29) is 18.1 Å². The predicted octanol–water partition coefficient (Wildman–Crippen LogP) is 3.27. The number of carbonyl (C=O) groups is 1. The maximum atomic E-state index is 12.4. The molecule has 0 N–H and O–H groups in total. The molecule has 0 radical (unpaired) electrons. The van der Waals surface area contributed by atoms with Gasteiger partial charge >= 0.3 is 0 Å². The lowest BCUT2D eigenvalue weighted by Crippen LogP contribution is -1.96. The molecule has 2 aromatic rings. The summed E-state index contributed by atoms with van der Waals surface area (Å²) in [5, 5.41) is 0.898. The largest absolute Gasteiger partial charge is 0.294 e. The first-order valence-electron chi connectivity index (χ1n) is 4.10. The monoisotopic (exact) mass is 244 g/mol. The smallest absolute Gasteiger partial charge is 0.171 e. The molecule has 0 saturated carbocycles. The fourth-order valence-corrected chi connectivity index (χ4v) is 1.98. The summed E-state index contributed by atoms with van der Waals surface area (Å²) in [6, 6.07) is 1.63. The van der Waals surface area contributed by atoms with E-state index < -0.39 is 0 Å². The number of pyridine rings is 1. The van der Waals surface area contributed by atoms with Gasteiger partial charge in [-0.25, -0.2) is 8.96 Å². The number of carbonyl (C=O) groups excluding carboxylic acids is 1. The molecule has 15 heavy (non-hydrogen) atoms. The topological polar surface area (TPSA) is 34.9 Å². The number of Topliss-reactive ketones (excluding diaryl/α,β-unsaturated/α-hetero) is 1. The van der Waals surface area contributed by atoms with E-state index in [9.17, 15) is 8.68 Å². The van der Waals surface area contributed by atoms with E-state index in [1.165, 1.54) is 23.3 Å². The second-order valence-corrected chi connectivity index (χ2v) is 3.90. The second-order valence-electron chi connectivity index (χ2n) is 2.99. The summed E-state index contributed by atoms with van der Waals surface area (Å²) >= 11 is 6.04. The van der Waals surface area contributed by atoms with E-state index in [1.54, 1.807) is 6.07 Å². The normalized spacial score (nSPS) is 10.9. The van der Waals surface area contributed by atoms with E-state index in [0.29, 0.717) is 21.6 Å². The lowest BCUT2D eigenvalue weighted by Gasteiger charge is -2.01. The van der Waals surface area contributed by atoms with Crippen molar-refractivity contribution in [2.24, 2.45) is 0 Å². The Hall–Kier alpha value is -1.07. The highest BCUT2D eigenvalue weighted by Gasteiger charge is 2.13. The molecule has 0 bridgehead atoms. The molecule has 0 spiro atoms. The number of nitrogens with zero attached hydrogens (tertiary/aromatic N) is 2. The first-order valence-corrected chi connectivity index (χ1v) is 5.16. The maximum Gasteiger partial charge on any atom is 0.171 e. The number of aromatic nitrogens is 2. The second kappa shape index (κ2) is 3.83.